The first kappa shape index (κ1) is 10.2. The molecule has 1 aliphatic rings. The number of carbonyl (C=O) groups is 3. The number of nitrogens with zero attached hydrogens (tertiary/aromatic N) is 1. The minimum Gasteiger partial charge on any atom is -0.285 e. The summed E-state index contributed by atoms with van der Waals surface area (Å²) in [5.41, 5.74) is 1.51. The second-order valence-electron chi connectivity index (χ2n) is 4.52. The summed E-state index contributed by atoms with van der Waals surface area (Å²) in [7, 11) is 0. The van der Waals surface area contributed by atoms with Gasteiger partial charge in [0.15, 0.2) is 0 Å². The topological polar surface area (TPSA) is 56.1 Å². The first-order chi connectivity index (χ1) is 9.20. The van der Waals surface area contributed by atoms with Crippen molar-refractivity contribution in [1.82, 2.24) is 4.57 Å². The van der Waals surface area contributed by atoms with E-state index >= 15 is 0 Å². The van der Waals surface area contributed by atoms with Crippen LogP contribution in [0, 0.1) is 0 Å². The molecule has 1 aromatic heterocycles. The Bertz CT molecular complexity index is 918. The Balaban J connectivity index is 2.39. The minimum atomic E-state index is -0.971. The van der Waals surface area contributed by atoms with E-state index in [2.05, 4.69) is 0 Å². The smallest absolute Gasteiger partial charge is 0.285 e. The fourth-order valence-electron chi connectivity index (χ4n) is 2.73. The van der Waals surface area contributed by atoms with E-state index in [0.717, 1.165) is 10.8 Å². The van der Waals surface area contributed by atoms with E-state index in [9.17, 15) is 14.4 Å². The number of aromatic nitrogens is 1. The summed E-state index contributed by atoms with van der Waals surface area (Å²) in [5.74, 6) is -2.46. The lowest BCUT2D eigenvalue weighted by atomic mass is 10.0. The minimum absolute atomic E-state index is 0.304. The largest absolute Gasteiger partial charge is 0.307 e. The zero-order valence-corrected chi connectivity index (χ0v) is 9.71. The zero-order valence-electron chi connectivity index (χ0n) is 9.71. The van der Waals surface area contributed by atoms with Gasteiger partial charge < -0.3 is 0 Å². The zero-order chi connectivity index (χ0) is 13.1. The number of benzene rings is 2. The molecule has 0 radical (unpaired) electrons. The van der Waals surface area contributed by atoms with E-state index in [4.69, 9.17) is 0 Å². The van der Waals surface area contributed by atoms with Crippen LogP contribution in [0.3, 0.4) is 0 Å². The van der Waals surface area contributed by atoms with Gasteiger partial charge in [-0.05, 0) is 12.1 Å². The van der Waals surface area contributed by atoms with Crippen LogP contribution in [-0.2, 0) is 4.79 Å². The van der Waals surface area contributed by atoms with E-state index in [-0.39, 0.29) is 0 Å². The quantitative estimate of drug-likeness (QED) is 0.574. The van der Waals surface area contributed by atoms with Crippen LogP contribution in [0.1, 0.15) is 15.2 Å². The highest BCUT2D eigenvalue weighted by Crippen LogP contribution is 2.33. The number of carbonyl (C=O) groups excluding carboxylic acids is 3. The Hall–Kier alpha value is -2.75. The molecule has 0 unspecified atom stereocenters. The molecule has 4 rings (SSSR count). The van der Waals surface area contributed by atoms with E-state index in [0.29, 0.717) is 16.6 Å². The fraction of sp³-hybridized carbons (Fsp3) is 0. The van der Waals surface area contributed by atoms with Crippen molar-refractivity contribution in [1.29, 1.82) is 0 Å². The third-order valence-corrected chi connectivity index (χ3v) is 3.54. The van der Waals surface area contributed by atoms with Crippen molar-refractivity contribution in [2.24, 2.45) is 0 Å². The standard InChI is InChI=1S/C15H7NO3/c17-13-10-6-3-5-9-8-4-1-2-7-11(8)16(12(9)10)15(19)14(13)18/h1-7H. The second kappa shape index (κ2) is 3.17. The molecule has 0 aliphatic carbocycles. The first-order valence-electron chi connectivity index (χ1n) is 5.85. The van der Waals surface area contributed by atoms with Gasteiger partial charge in [0, 0.05) is 10.8 Å². The molecule has 0 fully saturated rings. The van der Waals surface area contributed by atoms with E-state index in [1.165, 1.54) is 4.57 Å². The Morgan fingerprint density at radius 2 is 1.47 bits per heavy atom. The molecule has 3 aromatic rings. The van der Waals surface area contributed by atoms with E-state index in [1.807, 2.05) is 18.2 Å². The molecule has 0 amide bonds. The molecule has 0 saturated carbocycles. The summed E-state index contributed by atoms with van der Waals surface area (Å²) in [5, 5.41) is 1.69. The summed E-state index contributed by atoms with van der Waals surface area (Å²) in [4.78, 5) is 35.7. The van der Waals surface area contributed by atoms with Crippen LogP contribution in [0.25, 0.3) is 21.8 Å². The Kier molecular flexibility index (Phi) is 1.70. The molecule has 4 nitrogen and oxygen atoms in total. The SMILES string of the molecule is O=C1C(=O)c2cccc3c4ccccc4n(c23)C1=O. The molecular weight excluding hydrogens is 242 g/mol. The van der Waals surface area contributed by atoms with E-state index in [1.54, 1.807) is 24.3 Å². The molecule has 2 aromatic carbocycles. The maximum atomic E-state index is 12.1. The number of Topliss-reactive ketones (excluding diaryl/α,β-unsaturated/α-hetero) is 2. The van der Waals surface area contributed by atoms with Gasteiger partial charge in [-0.1, -0.05) is 30.3 Å². The molecule has 4 heteroatoms. The third kappa shape index (κ3) is 1.06. The van der Waals surface area contributed by atoms with Crippen molar-refractivity contribution in [3.63, 3.8) is 0 Å². The summed E-state index contributed by atoms with van der Waals surface area (Å²) >= 11 is 0. The van der Waals surface area contributed by atoms with Crippen molar-refractivity contribution in [2.45, 2.75) is 0 Å². The van der Waals surface area contributed by atoms with Crippen LogP contribution < -0.4 is 0 Å². The van der Waals surface area contributed by atoms with Gasteiger partial charge in [-0.25, -0.2) is 0 Å². The van der Waals surface area contributed by atoms with Gasteiger partial charge >= 0.3 is 5.91 Å². The third-order valence-electron chi connectivity index (χ3n) is 3.54. The van der Waals surface area contributed by atoms with Gasteiger partial charge in [0.1, 0.15) is 0 Å². The molecule has 0 atom stereocenters. The predicted octanol–water partition coefficient (Wildman–Crippen LogP) is 2.20. The molecule has 90 valence electrons. The van der Waals surface area contributed by atoms with Crippen molar-refractivity contribution < 1.29 is 14.4 Å². The van der Waals surface area contributed by atoms with Crippen molar-refractivity contribution in [3.8, 4) is 0 Å². The van der Waals surface area contributed by atoms with Crippen LogP contribution in [-0.4, -0.2) is 22.0 Å². The van der Waals surface area contributed by atoms with Crippen LogP contribution in [0.4, 0.5) is 0 Å². The maximum absolute atomic E-state index is 12.1. The summed E-state index contributed by atoms with van der Waals surface area (Å²) in [6.45, 7) is 0. The van der Waals surface area contributed by atoms with Gasteiger partial charge in [-0.15, -0.1) is 0 Å². The fourth-order valence-corrected chi connectivity index (χ4v) is 2.73. The van der Waals surface area contributed by atoms with Crippen LogP contribution in [0.15, 0.2) is 42.5 Å². The molecular formula is C15H7NO3. The van der Waals surface area contributed by atoms with Gasteiger partial charge in [0.25, 0.3) is 5.78 Å². The molecule has 0 N–H and O–H groups in total. The summed E-state index contributed by atoms with van der Waals surface area (Å²) < 4.78 is 1.35. The van der Waals surface area contributed by atoms with Crippen LogP contribution in [0.5, 0.6) is 0 Å². The van der Waals surface area contributed by atoms with Crippen molar-refractivity contribution in [3.05, 3.63) is 48.0 Å². The van der Waals surface area contributed by atoms with Gasteiger partial charge in [-0.3, -0.25) is 19.0 Å². The predicted molar refractivity (Wildman–Crippen MR) is 69.4 cm³/mol. The lowest BCUT2D eigenvalue weighted by Gasteiger charge is -2.12. The van der Waals surface area contributed by atoms with Crippen LogP contribution in [0.2, 0.25) is 0 Å². The van der Waals surface area contributed by atoms with Gasteiger partial charge in [-0.2, -0.15) is 0 Å². The van der Waals surface area contributed by atoms with Gasteiger partial charge in [0.05, 0.1) is 16.6 Å². The molecule has 0 saturated heterocycles. The van der Waals surface area contributed by atoms with Gasteiger partial charge in [0.2, 0.25) is 5.78 Å². The molecule has 19 heavy (non-hydrogen) atoms. The Morgan fingerprint density at radius 3 is 2.32 bits per heavy atom. The summed E-state index contributed by atoms with van der Waals surface area (Å²) in [6, 6.07) is 12.5. The Morgan fingerprint density at radius 1 is 0.737 bits per heavy atom. The molecule has 1 aliphatic heterocycles. The highest BCUT2D eigenvalue weighted by atomic mass is 16.2. The average molecular weight is 249 g/mol. The normalized spacial score (nSPS) is 14.6. The number of hydrogen-bond acceptors (Lipinski definition) is 3. The number of ketones is 2. The lowest BCUT2D eigenvalue weighted by molar-refractivity contribution is -0.112. The molecule has 0 spiro atoms. The first-order valence-corrected chi connectivity index (χ1v) is 5.85. The van der Waals surface area contributed by atoms with Crippen molar-refractivity contribution >= 4 is 39.3 Å². The number of para-hydroxylation sites is 2. The number of rotatable bonds is 0. The second-order valence-corrected chi connectivity index (χ2v) is 4.52. The van der Waals surface area contributed by atoms with E-state index < -0.39 is 17.5 Å². The highest BCUT2D eigenvalue weighted by molar-refractivity contribution is 6.70. The van der Waals surface area contributed by atoms with Crippen LogP contribution >= 0.6 is 0 Å². The summed E-state index contributed by atoms with van der Waals surface area (Å²) in [6.07, 6.45) is 0. The maximum Gasteiger partial charge on any atom is 0.307 e. The average Bonchev–Trinajstić information content (AvgIpc) is 2.78. The lowest BCUT2D eigenvalue weighted by Crippen LogP contribution is -2.33. The number of fused-ring (bicyclic) bond motifs is 3. The highest BCUT2D eigenvalue weighted by Gasteiger charge is 2.35. The monoisotopic (exact) mass is 249 g/mol. The molecule has 2 heterocycles. The molecule has 0 bridgehead atoms. The number of hydrogen-bond donors (Lipinski definition) is 0. The van der Waals surface area contributed by atoms with Crippen molar-refractivity contribution in [2.75, 3.05) is 0 Å². The Labute approximate surface area is 107 Å².